The van der Waals surface area contributed by atoms with Crippen LogP contribution in [0.5, 0.6) is 0 Å². The second-order valence-electron chi connectivity index (χ2n) is 5.61. The van der Waals surface area contributed by atoms with E-state index in [1.807, 2.05) is 17.0 Å². The lowest BCUT2D eigenvalue weighted by atomic mass is 10.1. The third-order valence-electron chi connectivity index (χ3n) is 3.99. The van der Waals surface area contributed by atoms with E-state index in [1.54, 1.807) is 6.20 Å². The number of nitrogens with zero attached hydrogens (tertiary/aromatic N) is 2. The van der Waals surface area contributed by atoms with Crippen LogP contribution in [-0.2, 0) is 4.74 Å². The van der Waals surface area contributed by atoms with Gasteiger partial charge in [-0.25, -0.2) is 4.98 Å². The SMILES string of the molecule is Cc1ccc(Sc2ncccc2C(=O)N2CCOCC2)cc1C. The Labute approximate surface area is 140 Å². The number of pyridine rings is 1. The topological polar surface area (TPSA) is 42.4 Å². The van der Waals surface area contributed by atoms with E-state index >= 15 is 0 Å². The average molecular weight is 328 g/mol. The first-order valence-corrected chi connectivity index (χ1v) is 8.54. The summed E-state index contributed by atoms with van der Waals surface area (Å²) in [6, 6.07) is 9.98. The molecule has 0 saturated carbocycles. The molecule has 1 fully saturated rings. The summed E-state index contributed by atoms with van der Waals surface area (Å²) in [7, 11) is 0. The number of hydrogen-bond donors (Lipinski definition) is 0. The van der Waals surface area contributed by atoms with E-state index in [0.29, 0.717) is 31.9 Å². The Morgan fingerprint density at radius 3 is 2.70 bits per heavy atom. The summed E-state index contributed by atoms with van der Waals surface area (Å²) in [6.07, 6.45) is 1.74. The summed E-state index contributed by atoms with van der Waals surface area (Å²) in [5.74, 6) is 0.0349. The first-order valence-electron chi connectivity index (χ1n) is 7.72. The zero-order valence-corrected chi connectivity index (χ0v) is 14.2. The Balaban J connectivity index is 1.85. The van der Waals surface area contributed by atoms with Crippen molar-refractivity contribution in [2.75, 3.05) is 26.3 Å². The molecule has 0 radical (unpaired) electrons. The van der Waals surface area contributed by atoms with Gasteiger partial charge in [-0.1, -0.05) is 17.8 Å². The van der Waals surface area contributed by atoms with Crippen LogP contribution < -0.4 is 0 Å². The third kappa shape index (κ3) is 3.74. The number of amides is 1. The van der Waals surface area contributed by atoms with Gasteiger partial charge in [-0.15, -0.1) is 0 Å². The molecule has 5 heteroatoms. The number of hydrogen-bond acceptors (Lipinski definition) is 4. The Bertz CT molecular complexity index is 712. The van der Waals surface area contributed by atoms with E-state index in [-0.39, 0.29) is 5.91 Å². The Morgan fingerprint density at radius 2 is 1.96 bits per heavy atom. The predicted molar refractivity (Wildman–Crippen MR) is 91.0 cm³/mol. The quantitative estimate of drug-likeness (QED) is 0.867. The maximum Gasteiger partial charge on any atom is 0.256 e. The molecule has 0 N–H and O–H groups in total. The molecular weight excluding hydrogens is 308 g/mol. The number of ether oxygens (including phenoxy) is 1. The van der Waals surface area contributed by atoms with Gasteiger partial charge in [0.2, 0.25) is 0 Å². The average Bonchev–Trinajstić information content (AvgIpc) is 2.59. The molecule has 0 bridgehead atoms. The Kier molecular flexibility index (Phi) is 4.98. The van der Waals surface area contributed by atoms with E-state index in [2.05, 4.69) is 37.0 Å². The number of morpholine rings is 1. The fraction of sp³-hybridized carbons (Fsp3) is 0.333. The molecule has 4 nitrogen and oxygen atoms in total. The fourth-order valence-electron chi connectivity index (χ4n) is 2.46. The van der Waals surface area contributed by atoms with Gasteiger partial charge in [0, 0.05) is 24.2 Å². The molecular formula is C18H20N2O2S. The first-order chi connectivity index (χ1) is 11.1. The fourth-order valence-corrected chi connectivity index (χ4v) is 3.43. The Hall–Kier alpha value is -1.85. The second kappa shape index (κ2) is 7.15. The van der Waals surface area contributed by atoms with Crippen LogP contribution in [0, 0.1) is 13.8 Å². The predicted octanol–water partition coefficient (Wildman–Crippen LogP) is 3.32. The molecule has 0 unspecified atom stereocenters. The third-order valence-corrected chi connectivity index (χ3v) is 5.00. The van der Waals surface area contributed by atoms with Gasteiger partial charge >= 0.3 is 0 Å². The number of benzene rings is 1. The molecule has 1 aromatic carbocycles. The molecule has 0 spiro atoms. The van der Waals surface area contributed by atoms with Crippen LogP contribution in [0.4, 0.5) is 0 Å². The lowest BCUT2D eigenvalue weighted by Gasteiger charge is -2.27. The molecule has 1 amide bonds. The van der Waals surface area contributed by atoms with Crippen molar-refractivity contribution >= 4 is 17.7 Å². The van der Waals surface area contributed by atoms with Gasteiger partial charge in [0.1, 0.15) is 5.03 Å². The van der Waals surface area contributed by atoms with E-state index in [9.17, 15) is 4.79 Å². The van der Waals surface area contributed by atoms with Gasteiger partial charge in [-0.3, -0.25) is 4.79 Å². The highest BCUT2D eigenvalue weighted by Gasteiger charge is 2.21. The molecule has 23 heavy (non-hydrogen) atoms. The highest BCUT2D eigenvalue weighted by Crippen LogP contribution is 2.30. The number of aryl methyl sites for hydroxylation is 2. The van der Waals surface area contributed by atoms with Gasteiger partial charge in [-0.05, 0) is 49.2 Å². The summed E-state index contributed by atoms with van der Waals surface area (Å²) in [4.78, 5) is 20.1. The van der Waals surface area contributed by atoms with Crippen molar-refractivity contribution in [2.45, 2.75) is 23.8 Å². The summed E-state index contributed by atoms with van der Waals surface area (Å²) in [5.41, 5.74) is 3.17. The van der Waals surface area contributed by atoms with Crippen LogP contribution in [-0.4, -0.2) is 42.1 Å². The van der Waals surface area contributed by atoms with Crippen LogP contribution in [0.2, 0.25) is 0 Å². The van der Waals surface area contributed by atoms with Gasteiger partial charge in [0.25, 0.3) is 5.91 Å². The van der Waals surface area contributed by atoms with Crippen LogP contribution in [0.3, 0.4) is 0 Å². The van der Waals surface area contributed by atoms with Gasteiger partial charge in [0.05, 0.1) is 18.8 Å². The molecule has 3 rings (SSSR count). The van der Waals surface area contributed by atoms with Crippen molar-refractivity contribution in [3.63, 3.8) is 0 Å². The zero-order valence-electron chi connectivity index (χ0n) is 13.4. The minimum atomic E-state index is 0.0349. The Morgan fingerprint density at radius 1 is 1.17 bits per heavy atom. The zero-order chi connectivity index (χ0) is 16.2. The highest BCUT2D eigenvalue weighted by atomic mass is 32.2. The number of rotatable bonds is 3. The van der Waals surface area contributed by atoms with Crippen molar-refractivity contribution in [1.29, 1.82) is 0 Å². The van der Waals surface area contributed by atoms with Crippen molar-refractivity contribution in [3.05, 3.63) is 53.2 Å². The highest BCUT2D eigenvalue weighted by molar-refractivity contribution is 7.99. The van der Waals surface area contributed by atoms with E-state index in [1.165, 1.54) is 22.9 Å². The first kappa shape index (κ1) is 16.0. The molecule has 1 aliphatic heterocycles. The maximum absolute atomic E-state index is 12.7. The molecule has 0 atom stereocenters. The van der Waals surface area contributed by atoms with E-state index in [4.69, 9.17) is 4.74 Å². The molecule has 0 aliphatic carbocycles. The molecule has 2 aromatic rings. The maximum atomic E-state index is 12.7. The molecule has 2 heterocycles. The van der Waals surface area contributed by atoms with Crippen LogP contribution in [0.25, 0.3) is 0 Å². The lowest BCUT2D eigenvalue weighted by Crippen LogP contribution is -2.40. The second-order valence-corrected chi connectivity index (χ2v) is 6.67. The van der Waals surface area contributed by atoms with Crippen molar-refractivity contribution in [1.82, 2.24) is 9.88 Å². The minimum Gasteiger partial charge on any atom is -0.378 e. The van der Waals surface area contributed by atoms with Crippen LogP contribution in [0.1, 0.15) is 21.5 Å². The van der Waals surface area contributed by atoms with Crippen LogP contribution in [0.15, 0.2) is 46.5 Å². The van der Waals surface area contributed by atoms with Gasteiger partial charge in [0.15, 0.2) is 0 Å². The lowest BCUT2D eigenvalue weighted by molar-refractivity contribution is 0.0300. The van der Waals surface area contributed by atoms with E-state index < -0.39 is 0 Å². The summed E-state index contributed by atoms with van der Waals surface area (Å²) >= 11 is 1.54. The van der Waals surface area contributed by atoms with Crippen LogP contribution >= 0.6 is 11.8 Å². The van der Waals surface area contributed by atoms with Crippen molar-refractivity contribution in [2.24, 2.45) is 0 Å². The molecule has 120 valence electrons. The summed E-state index contributed by atoms with van der Waals surface area (Å²) in [5, 5.41) is 0.757. The monoisotopic (exact) mass is 328 g/mol. The smallest absolute Gasteiger partial charge is 0.256 e. The van der Waals surface area contributed by atoms with Crippen molar-refractivity contribution < 1.29 is 9.53 Å². The van der Waals surface area contributed by atoms with Gasteiger partial charge < -0.3 is 9.64 Å². The normalized spacial score (nSPS) is 14.8. The van der Waals surface area contributed by atoms with E-state index in [0.717, 1.165) is 9.92 Å². The van der Waals surface area contributed by atoms with Crippen molar-refractivity contribution in [3.8, 4) is 0 Å². The molecule has 1 saturated heterocycles. The summed E-state index contributed by atoms with van der Waals surface area (Å²) < 4.78 is 5.32. The molecule has 1 aliphatic rings. The number of aromatic nitrogens is 1. The number of carbonyl (C=O) groups is 1. The number of carbonyl (C=O) groups excluding carboxylic acids is 1. The van der Waals surface area contributed by atoms with Gasteiger partial charge in [-0.2, -0.15) is 0 Å². The molecule has 1 aromatic heterocycles. The summed E-state index contributed by atoms with van der Waals surface area (Å²) in [6.45, 7) is 6.68. The minimum absolute atomic E-state index is 0.0349. The largest absolute Gasteiger partial charge is 0.378 e. The standard InChI is InChI=1S/C18H20N2O2S/c1-13-5-6-15(12-14(13)2)23-17-16(4-3-7-19-17)18(21)20-8-10-22-11-9-20/h3-7,12H,8-11H2,1-2H3.